The van der Waals surface area contributed by atoms with Gasteiger partial charge in [-0.2, -0.15) is 13.2 Å². The van der Waals surface area contributed by atoms with Gasteiger partial charge in [0.2, 0.25) is 6.35 Å². The number of aliphatic hydroxyl groups excluding tert-OH is 1. The predicted octanol–water partition coefficient (Wildman–Crippen LogP) is 4.53. The van der Waals surface area contributed by atoms with Crippen molar-refractivity contribution >= 4 is 23.3 Å². The van der Waals surface area contributed by atoms with Crippen LogP contribution in [0.5, 0.6) is 0 Å². The number of hydrogen-bond donors (Lipinski definition) is 1. The van der Waals surface area contributed by atoms with Gasteiger partial charge in [0, 0.05) is 22.5 Å². The first-order chi connectivity index (χ1) is 16.1. The highest BCUT2D eigenvalue weighted by Crippen LogP contribution is 2.34. The number of anilines is 1. The first kappa shape index (κ1) is 24.6. The van der Waals surface area contributed by atoms with Gasteiger partial charge in [0.15, 0.2) is 0 Å². The zero-order valence-electron chi connectivity index (χ0n) is 18.2. The second-order valence-electron chi connectivity index (χ2n) is 7.24. The van der Waals surface area contributed by atoms with Gasteiger partial charge in [-0.05, 0) is 48.7 Å². The Hall–Kier alpha value is -4.02. The van der Waals surface area contributed by atoms with Gasteiger partial charge in [-0.15, -0.1) is 0 Å². The molecular formula is C22H20F3N5O4. The molecule has 0 aliphatic carbocycles. The van der Waals surface area contributed by atoms with Crippen molar-refractivity contribution in [2.75, 3.05) is 11.5 Å². The lowest BCUT2D eigenvalue weighted by molar-refractivity contribution is -0.147. The van der Waals surface area contributed by atoms with Crippen LogP contribution in [0.25, 0.3) is 10.4 Å². The molecule has 9 nitrogen and oxygen atoms in total. The molecule has 3 rings (SSSR count). The number of alkyl halides is 3. The molecule has 1 amide bonds. The van der Waals surface area contributed by atoms with Crippen molar-refractivity contribution in [2.24, 2.45) is 5.11 Å². The molecule has 34 heavy (non-hydrogen) atoms. The number of amides is 1. The zero-order chi connectivity index (χ0) is 25.0. The monoisotopic (exact) mass is 475 g/mol. The smallest absolute Gasteiger partial charge is 0.416 e. The molecule has 1 aliphatic heterocycles. The molecular weight excluding hydrogens is 455 g/mol. The molecule has 0 spiro atoms. The molecule has 178 valence electrons. The van der Waals surface area contributed by atoms with Crippen LogP contribution >= 0.6 is 0 Å². The Kier molecular flexibility index (Phi) is 7.14. The SMILES string of the molecule is CCOC(=O)C1=CN(c2ccc(N=[N+]=[N-])cc2)C(O)N(Cc2cccc(C(F)(F)F)c2C)C1=O. The average Bonchev–Trinajstić information content (AvgIpc) is 2.78. The molecule has 1 unspecified atom stereocenters. The first-order valence-electron chi connectivity index (χ1n) is 10.1. The maximum absolute atomic E-state index is 13.3. The number of esters is 1. The molecule has 0 aromatic heterocycles. The van der Waals surface area contributed by atoms with Crippen molar-refractivity contribution in [1.29, 1.82) is 0 Å². The standard InChI is InChI=1S/C22H20F3N5O4/c1-3-34-20(32)17-12-29(16-9-7-15(8-10-16)27-28-26)21(33)30(19(17)31)11-14-5-4-6-18(13(14)2)22(23,24)25/h4-10,12,21,33H,3,11H2,1-2H3. The van der Waals surface area contributed by atoms with Gasteiger partial charge in [-0.3, -0.25) is 9.69 Å². The summed E-state index contributed by atoms with van der Waals surface area (Å²) in [6.07, 6.45) is -5.13. The van der Waals surface area contributed by atoms with Crippen LogP contribution in [-0.4, -0.2) is 34.8 Å². The highest BCUT2D eigenvalue weighted by molar-refractivity contribution is 6.17. The number of rotatable bonds is 6. The van der Waals surface area contributed by atoms with E-state index in [0.29, 0.717) is 11.4 Å². The van der Waals surface area contributed by atoms with Gasteiger partial charge in [0.05, 0.1) is 18.7 Å². The molecule has 2 aromatic carbocycles. The van der Waals surface area contributed by atoms with E-state index < -0.39 is 42.1 Å². The molecule has 12 heteroatoms. The molecule has 0 saturated carbocycles. The summed E-state index contributed by atoms with van der Waals surface area (Å²) in [6.45, 7) is 2.41. The summed E-state index contributed by atoms with van der Waals surface area (Å²) in [5.41, 5.74) is 7.94. The summed E-state index contributed by atoms with van der Waals surface area (Å²) < 4.78 is 45.0. The van der Waals surface area contributed by atoms with Gasteiger partial charge >= 0.3 is 12.1 Å². The summed E-state index contributed by atoms with van der Waals surface area (Å²) in [4.78, 5) is 30.2. The number of azide groups is 1. The van der Waals surface area contributed by atoms with E-state index >= 15 is 0 Å². The van der Waals surface area contributed by atoms with Crippen LogP contribution in [0, 0.1) is 6.92 Å². The van der Waals surface area contributed by atoms with Gasteiger partial charge in [-0.1, -0.05) is 29.4 Å². The maximum atomic E-state index is 13.3. The fraction of sp³-hybridized carbons (Fsp3) is 0.273. The Labute approximate surface area is 192 Å². The van der Waals surface area contributed by atoms with Crippen LogP contribution < -0.4 is 4.90 Å². The molecule has 1 heterocycles. The molecule has 0 fully saturated rings. The normalized spacial score (nSPS) is 16.1. The topological polar surface area (TPSA) is 119 Å². The van der Waals surface area contributed by atoms with E-state index in [1.165, 1.54) is 48.2 Å². The summed E-state index contributed by atoms with van der Waals surface area (Å²) in [6, 6.07) is 9.42. The molecule has 1 N–H and O–H groups in total. The minimum absolute atomic E-state index is 0.0143. The number of carbonyl (C=O) groups is 2. The third kappa shape index (κ3) is 4.98. The van der Waals surface area contributed by atoms with Crippen LogP contribution in [0.2, 0.25) is 0 Å². The summed E-state index contributed by atoms with van der Waals surface area (Å²) in [5, 5.41) is 14.4. The second-order valence-corrected chi connectivity index (χ2v) is 7.24. The number of carbonyl (C=O) groups excluding carboxylic acids is 2. The maximum Gasteiger partial charge on any atom is 0.416 e. The van der Waals surface area contributed by atoms with Gasteiger partial charge in [0.25, 0.3) is 5.91 Å². The Morgan fingerprint density at radius 1 is 1.24 bits per heavy atom. The summed E-state index contributed by atoms with van der Waals surface area (Å²) >= 11 is 0. The minimum Gasteiger partial charge on any atom is -0.462 e. The number of aliphatic hydroxyl groups is 1. The Morgan fingerprint density at radius 3 is 2.50 bits per heavy atom. The van der Waals surface area contributed by atoms with Crippen molar-refractivity contribution in [3.8, 4) is 0 Å². The lowest BCUT2D eigenvalue weighted by Gasteiger charge is -2.39. The quantitative estimate of drug-likeness (QED) is 0.217. The van der Waals surface area contributed by atoms with Gasteiger partial charge in [0.1, 0.15) is 5.57 Å². The van der Waals surface area contributed by atoms with E-state index in [9.17, 15) is 27.9 Å². The van der Waals surface area contributed by atoms with Crippen LogP contribution in [-0.2, 0) is 27.0 Å². The number of benzene rings is 2. The van der Waals surface area contributed by atoms with Crippen molar-refractivity contribution in [2.45, 2.75) is 32.9 Å². The van der Waals surface area contributed by atoms with Crippen LogP contribution in [0.3, 0.4) is 0 Å². The Balaban J connectivity index is 2.04. The minimum atomic E-state index is -4.60. The van der Waals surface area contributed by atoms with E-state index in [-0.39, 0.29) is 17.7 Å². The molecule has 0 radical (unpaired) electrons. The molecule has 1 aliphatic rings. The van der Waals surface area contributed by atoms with Crippen molar-refractivity contribution in [3.05, 3.63) is 81.4 Å². The fourth-order valence-corrected chi connectivity index (χ4v) is 3.47. The number of nitrogens with zero attached hydrogens (tertiary/aromatic N) is 5. The van der Waals surface area contributed by atoms with Crippen LogP contribution in [0.4, 0.5) is 24.5 Å². The van der Waals surface area contributed by atoms with Crippen LogP contribution in [0.1, 0.15) is 23.6 Å². The highest BCUT2D eigenvalue weighted by atomic mass is 19.4. The first-order valence-corrected chi connectivity index (χ1v) is 10.1. The lowest BCUT2D eigenvalue weighted by atomic mass is 10.0. The average molecular weight is 475 g/mol. The number of ether oxygens (including phenoxy) is 1. The largest absolute Gasteiger partial charge is 0.462 e. The Bertz CT molecular complexity index is 1170. The lowest BCUT2D eigenvalue weighted by Crippen LogP contribution is -2.54. The molecule has 1 atom stereocenters. The van der Waals surface area contributed by atoms with E-state index in [4.69, 9.17) is 10.3 Å². The van der Waals surface area contributed by atoms with E-state index in [0.717, 1.165) is 17.2 Å². The summed E-state index contributed by atoms with van der Waals surface area (Å²) in [5.74, 6) is -1.84. The third-order valence-corrected chi connectivity index (χ3v) is 5.18. The number of hydrogen-bond acceptors (Lipinski definition) is 6. The number of halogens is 3. The van der Waals surface area contributed by atoms with Crippen LogP contribution in [0.15, 0.2) is 59.4 Å². The predicted molar refractivity (Wildman–Crippen MR) is 115 cm³/mol. The van der Waals surface area contributed by atoms with Gasteiger partial charge < -0.3 is 14.7 Å². The molecule has 2 aromatic rings. The van der Waals surface area contributed by atoms with E-state index in [2.05, 4.69) is 10.0 Å². The van der Waals surface area contributed by atoms with E-state index in [1.807, 2.05) is 0 Å². The molecule has 0 bridgehead atoms. The van der Waals surface area contributed by atoms with E-state index in [1.54, 1.807) is 6.92 Å². The molecule has 0 saturated heterocycles. The van der Waals surface area contributed by atoms with Gasteiger partial charge in [-0.25, -0.2) is 4.79 Å². The second kappa shape index (κ2) is 9.86. The van der Waals surface area contributed by atoms with Crippen molar-refractivity contribution in [1.82, 2.24) is 4.90 Å². The third-order valence-electron chi connectivity index (χ3n) is 5.18. The van der Waals surface area contributed by atoms with Crippen molar-refractivity contribution in [3.63, 3.8) is 0 Å². The fourth-order valence-electron chi connectivity index (χ4n) is 3.47. The van der Waals surface area contributed by atoms with Crippen molar-refractivity contribution < 1.29 is 32.6 Å². The summed E-state index contributed by atoms with van der Waals surface area (Å²) in [7, 11) is 0. The highest BCUT2D eigenvalue weighted by Gasteiger charge is 2.39. The zero-order valence-corrected chi connectivity index (χ0v) is 18.2. The Morgan fingerprint density at radius 2 is 1.91 bits per heavy atom.